The lowest BCUT2D eigenvalue weighted by atomic mass is 9.32. The zero-order chi connectivity index (χ0) is 27.5. The van der Waals surface area contributed by atoms with Crippen LogP contribution in [0.4, 0.5) is 4.79 Å². The lowest BCUT2D eigenvalue weighted by Crippen LogP contribution is -2.67. The van der Waals surface area contributed by atoms with Gasteiger partial charge in [-0.3, -0.25) is 4.79 Å². The first-order valence-corrected chi connectivity index (χ1v) is 15.5. The first-order valence-electron chi connectivity index (χ1n) is 15.5. The lowest BCUT2D eigenvalue weighted by Gasteiger charge is -2.71. The molecule has 2 bridgehead atoms. The highest BCUT2D eigenvalue weighted by atomic mass is 16.6. The Morgan fingerprint density at radius 3 is 2.65 bits per heavy atom. The quantitative estimate of drug-likeness (QED) is 0.385. The van der Waals surface area contributed by atoms with Crippen LogP contribution in [0.5, 0.6) is 0 Å². The number of amides is 1. The normalized spacial score (nSPS) is 48.6. The molecule has 1 aromatic rings. The number of carbonyl (C=O) groups excluding carboxylic acids is 2. The summed E-state index contributed by atoms with van der Waals surface area (Å²) < 4.78 is 18.0. The number of aliphatic hydroxyl groups excluding tert-OH is 1. The van der Waals surface area contributed by atoms with E-state index >= 15 is 0 Å². The van der Waals surface area contributed by atoms with E-state index in [9.17, 15) is 14.7 Å². The summed E-state index contributed by atoms with van der Waals surface area (Å²) >= 11 is 0. The summed E-state index contributed by atoms with van der Waals surface area (Å²) in [6.07, 6.45) is 16.2. The second-order valence-electron chi connectivity index (χ2n) is 14.5. The van der Waals surface area contributed by atoms with Crippen molar-refractivity contribution >= 4 is 11.9 Å². The Bertz CT molecular complexity index is 1310. The Hall–Kier alpha value is -2.38. The molecule has 1 aromatic heterocycles. The fraction of sp³-hybridized carbons (Fsp3) is 0.697. The Morgan fingerprint density at radius 2 is 1.88 bits per heavy atom. The molecule has 9 unspecified atom stereocenters. The Kier molecular flexibility index (Phi) is 5.15. The number of nitrogens with zero attached hydrogens (tertiary/aromatic N) is 1. The van der Waals surface area contributed by atoms with Crippen molar-refractivity contribution in [2.24, 2.45) is 33.5 Å². The maximum absolute atomic E-state index is 14.3. The minimum absolute atomic E-state index is 0.0329. The summed E-state index contributed by atoms with van der Waals surface area (Å²) in [5.74, 6) is 0.793. The summed E-state index contributed by atoms with van der Waals surface area (Å²) in [5.41, 5.74) is -0.808. The Labute approximate surface area is 235 Å². The van der Waals surface area contributed by atoms with Crippen molar-refractivity contribution in [1.82, 2.24) is 4.90 Å². The van der Waals surface area contributed by atoms with Gasteiger partial charge >= 0.3 is 6.09 Å². The second kappa shape index (κ2) is 8.13. The van der Waals surface area contributed by atoms with Gasteiger partial charge in [0.15, 0.2) is 5.76 Å². The molecule has 9 rings (SSSR count). The van der Waals surface area contributed by atoms with Gasteiger partial charge in [0, 0.05) is 28.4 Å². The van der Waals surface area contributed by atoms with E-state index in [2.05, 4.69) is 32.1 Å². The van der Waals surface area contributed by atoms with Crippen LogP contribution in [0, 0.1) is 33.5 Å². The number of furan rings is 1. The third kappa shape index (κ3) is 2.93. The fourth-order valence-corrected chi connectivity index (χ4v) is 11.1. The van der Waals surface area contributed by atoms with E-state index in [0.717, 1.165) is 63.5 Å². The topological polar surface area (TPSA) is 89.2 Å². The third-order valence-corrected chi connectivity index (χ3v) is 13.1. The minimum Gasteiger partial charge on any atom is -0.461 e. The largest absolute Gasteiger partial charge is 0.461 e. The Balaban J connectivity index is 1.23. The molecular weight excluding hydrogens is 506 g/mol. The number of ketones is 1. The van der Waals surface area contributed by atoms with E-state index in [1.165, 1.54) is 0 Å². The molecule has 2 saturated heterocycles. The number of allylic oxidation sites excluding steroid dienone is 4. The lowest BCUT2D eigenvalue weighted by molar-refractivity contribution is -0.164. The number of rotatable bonds is 4. The van der Waals surface area contributed by atoms with Crippen LogP contribution in [0.25, 0.3) is 0 Å². The van der Waals surface area contributed by atoms with Crippen molar-refractivity contribution in [3.63, 3.8) is 0 Å². The maximum Gasteiger partial charge on any atom is 0.410 e. The van der Waals surface area contributed by atoms with Gasteiger partial charge in [0.05, 0.1) is 31.6 Å². The van der Waals surface area contributed by atoms with Crippen LogP contribution in [0.1, 0.15) is 82.2 Å². The van der Waals surface area contributed by atoms with Gasteiger partial charge < -0.3 is 23.9 Å². The molecule has 3 spiro atoms. The second-order valence-corrected chi connectivity index (χ2v) is 14.5. The standard InChI is InChI=1S/C33H41NO6/c1-29-10-7-21(35)17-31(29)13-14-33(23(18-31)27(36)24-6-4-16-39-24)25(29)8-11-30(2)26(33)9-12-32(30)20-34(28(37)40-32)19-22-5-3-15-38-22/h4,6,13-14,16,18,21-22,25-26,35H,3,5,7-12,15,17,19-20H2,1-2H3. The molecule has 7 nitrogen and oxygen atoms in total. The first-order chi connectivity index (χ1) is 19.2. The molecule has 9 atom stereocenters. The summed E-state index contributed by atoms with van der Waals surface area (Å²) in [6.45, 7) is 6.72. The average Bonchev–Trinajstić information content (AvgIpc) is 3.73. The number of Topliss-reactive ketones (excluding diaryl/α,β-unsaturated/α-hetero) is 1. The SMILES string of the molecule is CC12CCC(O)CC13C=CC1(C(C(=O)c4ccco4)=C3)C2CCC2(C)C1CCC21CN(CC2CCCO2)C(=O)O1. The van der Waals surface area contributed by atoms with Gasteiger partial charge in [-0.15, -0.1) is 0 Å². The van der Waals surface area contributed by atoms with Crippen LogP contribution in [-0.4, -0.2) is 59.4 Å². The van der Waals surface area contributed by atoms with Gasteiger partial charge in [-0.25, -0.2) is 4.79 Å². The van der Waals surface area contributed by atoms with E-state index in [0.29, 0.717) is 25.3 Å². The maximum atomic E-state index is 14.3. The highest BCUT2D eigenvalue weighted by Gasteiger charge is 2.76. The number of hydrogen-bond donors (Lipinski definition) is 1. The minimum atomic E-state index is -0.560. The van der Waals surface area contributed by atoms with Gasteiger partial charge in [0.1, 0.15) is 5.60 Å². The highest BCUT2D eigenvalue weighted by molar-refractivity contribution is 6.08. The number of hydrogen-bond acceptors (Lipinski definition) is 6. The molecule has 40 heavy (non-hydrogen) atoms. The Morgan fingerprint density at radius 1 is 1.07 bits per heavy atom. The molecule has 2 aliphatic heterocycles. The van der Waals surface area contributed by atoms with E-state index in [4.69, 9.17) is 13.9 Å². The summed E-state index contributed by atoms with van der Waals surface area (Å²) in [7, 11) is 0. The van der Waals surface area contributed by atoms with Crippen molar-refractivity contribution in [3.05, 3.63) is 48.0 Å². The van der Waals surface area contributed by atoms with Crippen molar-refractivity contribution < 1.29 is 28.6 Å². The molecular formula is C33H41NO6. The summed E-state index contributed by atoms with van der Waals surface area (Å²) in [5, 5.41) is 10.8. The molecule has 1 amide bonds. The van der Waals surface area contributed by atoms with Gasteiger partial charge in [-0.05, 0) is 87.2 Å². The highest BCUT2D eigenvalue weighted by Crippen LogP contribution is 2.79. The number of aliphatic hydroxyl groups is 1. The molecule has 3 heterocycles. The number of fused-ring (bicyclic) bond motifs is 2. The smallest absolute Gasteiger partial charge is 0.410 e. The molecule has 8 aliphatic rings. The van der Waals surface area contributed by atoms with Crippen LogP contribution < -0.4 is 0 Å². The third-order valence-electron chi connectivity index (χ3n) is 13.1. The first kappa shape index (κ1) is 25.3. The van der Waals surface area contributed by atoms with Crippen LogP contribution >= 0.6 is 0 Å². The summed E-state index contributed by atoms with van der Waals surface area (Å²) in [6, 6.07) is 3.55. The average molecular weight is 548 g/mol. The van der Waals surface area contributed by atoms with Crippen molar-refractivity contribution in [2.45, 2.75) is 89.4 Å². The predicted octanol–water partition coefficient (Wildman–Crippen LogP) is 5.69. The van der Waals surface area contributed by atoms with Gasteiger partial charge in [-0.2, -0.15) is 0 Å². The van der Waals surface area contributed by atoms with Crippen LogP contribution in [0.2, 0.25) is 0 Å². The van der Waals surface area contributed by atoms with Crippen LogP contribution in [0.3, 0.4) is 0 Å². The molecule has 214 valence electrons. The van der Waals surface area contributed by atoms with E-state index in [1.807, 2.05) is 4.90 Å². The molecule has 0 radical (unpaired) electrons. The summed E-state index contributed by atoms with van der Waals surface area (Å²) in [4.78, 5) is 29.5. The van der Waals surface area contributed by atoms with Crippen molar-refractivity contribution in [2.75, 3.05) is 19.7 Å². The monoisotopic (exact) mass is 547 g/mol. The van der Waals surface area contributed by atoms with Gasteiger partial charge in [-0.1, -0.05) is 32.1 Å². The molecule has 6 aliphatic carbocycles. The molecule has 3 saturated carbocycles. The van der Waals surface area contributed by atoms with Crippen molar-refractivity contribution in [1.29, 1.82) is 0 Å². The fourth-order valence-electron chi connectivity index (χ4n) is 11.1. The van der Waals surface area contributed by atoms with Gasteiger partial charge in [0.25, 0.3) is 0 Å². The van der Waals surface area contributed by atoms with Crippen LogP contribution in [-0.2, 0) is 9.47 Å². The zero-order valence-electron chi connectivity index (χ0n) is 23.7. The molecule has 7 heteroatoms. The zero-order valence-corrected chi connectivity index (χ0v) is 23.7. The van der Waals surface area contributed by atoms with Crippen molar-refractivity contribution in [3.8, 4) is 0 Å². The number of ether oxygens (including phenoxy) is 2. The molecule has 0 aromatic carbocycles. The molecule has 1 N–H and O–H groups in total. The van der Waals surface area contributed by atoms with E-state index in [1.54, 1.807) is 18.4 Å². The van der Waals surface area contributed by atoms with E-state index < -0.39 is 11.0 Å². The number of carbonyl (C=O) groups is 2. The van der Waals surface area contributed by atoms with Crippen LogP contribution in [0.15, 0.2) is 46.6 Å². The van der Waals surface area contributed by atoms with Gasteiger partial charge in [0.2, 0.25) is 5.78 Å². The van der Waals surface area contributed by atoms with E-state index in [-0.39, 0.29) is 52.2 Å². The molecule has 5 fully saturated rings. The predicted molar refractivity (Wildman–Crippen MR) is 146 cm³/mol.